The third kappa shape index (κ3) is 5.11. The number of hydrogen-bond donors (Lipinski definition) is 2. The van der Waals surface area contributed by atoms with Gasteiger partial charge in [-0.1, -0.05) is 31.6 Å². The zero-order valence-corrected chi connectivity index (χ0v) is 11.0. The van der Waals surface area contributed by atoms with Crippen LogP contribution in [0.15, 0.2) is 18.2 Å². The average molecular weight is 263 g/mol. The van der Waals surface area contributed by atoms with Crippen LogP contribution in [0.5, 0.6) is 0 Å². The van der Waals surface area contributed by atoms with Gasteiger partial charge in [0.1, 0.15) is 12.4 Å². The number of hydrogen-bond acceptors (Lipinski definition) is 2. The van der Waals surface area contributed by atoms with Crippen LogP contribution in [0.4, 0.5) is 4.39 Å². The summed E-state index contributed by atoms with van der Waals surface area (Å²) in [5.74, 6) is 4.01. The quantitative estimate of drug-likeness (QED) is 0.631. The second-order valence-electron chi connectivity index (χ2n) is 4.12. The van der Waals surface area contributed by atoms with Gasteiger partial charge in [0.2, 0.25) is 0 Å². The highest BCUT2D eigenvalue weighted by molar-refractivity contribution is 5.94. The third-order valence-electron chi connectivity index (χ3n) is 2.59. The molecule has 1 amide bonds. The smallest absolute Gasteiger partial charge is 0.254 e. The van der Waals surface area contributed by atoms with Gasteiger partial charge in [-0.05, 0) is 24.6 Å². The van der Waals surface area contributed by atoms with Crippen LogP contribution in [0.3, 0.4) is 0 Å². The fraction of sp³-hybridized carbons (Fsp3) is 0.400. The Hall–Kier alpha value is -1.86. The van der Waals surface area contributed by atoms with Crippen molar-refractivity contribution in [2.75, 3.05) is 13.2 Å². The van der Waals surface area contributed by atoms with Gasteiger partial charge >= 0.3 is 0 Å². The molecule has 0 aliphatic heterocycles. The number of nitrogens with one attached hydrogen (secondary N) is 1. The van der Waals surface area contributed by atoms with Gasteiger partial charge in [-0.15, -0.1) is 0 Å². The largest absolute Gasteiger partial charge is 0.384 e. The van der Waals surface area contributed by atoms with Crippen LogP contribution in [0.1, 0.15) is 42.1 Å². The van der Waals surface area contributed by atoms with Crippen LogP contribution in [0, 0.1) is 17.7 Å². The third-order valence-corrected chi connectivity index (χ3v) is 2.59. The van der Waals surface area contributed by atoms with E-state index in [1.54, 1.807) is 6.07 Å². The van der Waals surface area contributed by atoms with Gasteiger partial charge in [0.25, 0.3) is 5.91 Å². The summed E-state index contributed by atoms with van der Waals surface area (Å²) in [5.41, 5.74) is 0.458. The van der Waals surface area contributed by atoms with E-state index in [1.165, 1.54) is 12.1 Å². The molecule has 0 unspecified atom stereocenters. The maximum Gasteiger partial charge on any atom is 0.254 e. The molecule has 0 bridgehead atoms. The van der Waals surface area contributed by atoms with Gasteiger partial charge in [0.05, 0.1) is 5.56 Å². The van der Waals surface area contributed by atoms with Crippen molar-refractivity contribution in [3.05, 3.63) is 35.1 Å². The van der Waals surface area contributed by atoms with E-state index in [1.807, 2.05) is 0 Å². The lowest BCUT2D eigenvalue weighted by atomic mass is 10.1. The lowest BCUT2D eigenvalue weighted by Crippen LogP contribution is -2.25. The van der Waals surface area contributed by atoms with Gasteiger partial charge in [0, 0.05) is 12.1 Å². The molecule has 0 aliphatic carbocycles. The first kappa shape index (κ1) is 15.2. The summed E-state index contributed by atoms with van der Waals surface area (Å²) < 4.78 is 13.7. The Balaban J connectivity index is 2.65. The fourth-order valence-corrected chi connectivity index (χ4v) is 1.59. The molecule has 102 valence electrons. The number of halogens is 1. The molecule has 0 aliphatic rings. The van der Waals surface area contributed by atoms with Crippen molar-refractivity contribution in [1.29, 1.82) is 0 Å². The Morgan fingerprint density at radius 2 is 2.21 bits per heavy atom. The molecule has 0 radical (unpaired) electrons. The van der Waals surface area contributed by atoms with E-state index in [0.717, 1.165) is 19.3 Å². The van der Waals surface area contributed by atoms with Gasteiger partial charge in [0.15, 0.2) is 0 Å². The first-order valence-corrected chi connectivity index (χ1v) is 6.36. The Bertz CT molecular complexity index is 489. The highest BCUT2D eigenvalue weighted by Crippen LogP contribution is 2.10. The Kier molecular flexibility index (Phi) is 6.62. The highest BCUT2D eigenvalue weighted by atomic mass is 19.1. The molecule has 2 N–H and O–H groups in total. The molecule has 19 heavy (non-hydrogen) atoms. The molecule has 1 rings (SSSR count). The molecule has 0 heterocycles. The van der Waals surface area contributed by atoms with E-state index in [9.17, 15) is 9.18 Å². The lowest BCUT2D eigenvalue weighted by molar-refractivity contribution is 0.0949. The summed E-state index contributed by atoms with van der Waals surface area (Å²) in [5, 5.41) is 11.2. The van der Waals surface area contributed by atoms with Crippen molar-refractivity contribution in [1.82, 2.24) is 5.32 Å². The molecule has 0 saturated heterocycles. The summed E-state index contributed by atoms with van der Waals surface area (Å²) in [6, 6.07) is 4.17. The minimum absolute atomic E-state index is 0.0195. The van der Waals surface area contributed by atoms with Gasteiger partial charge in [-0.2, -0.15) is 0 Å². The molecule has 0 spiro atoms. The van der Waals surface area contributed by atoms with Crippen LogP contribution in [0.25, 0.3) is 0 Å². The lowest BCUT2D eigenvalue weighted by Gasteiger charge is -2.06. The van der Waals surface area contributed by atoms with Crippen LogP contribution >= 0.6 is 0 Å². The molecular weight excluding hydrogens is 245 g/mol. The molecule has 0 saturated carbocycles. The molecule has 3 nitrogen and oxygen atoms in total. The fourth-order valence-electron chi connectivity index (χ4n) is 1.59. The summed E-state index contributed by atoms with van der Waals surface area (Å²) in [7, 11) is 0. The maximum absolute atomic E-state index is 13.7. The standard InChI is InChI=1S/C15H18FNO2/c1-2-3-4-9-17-15(19)13-8-7-12(6-5-10-18)11-14(13)16/h7-8,11,18H,2-4,9-10H2,1H3,(H,17,19). The van der Waals surface area contributed by atoms with Crippen molar-refractivity contribution < 1.29 is 14.3 Å². The SMILES string of the molecule is CCCCCNC(=O)c1ccc(C#CCO)cc1F. The number of aliphatic hydroxyl groups excluding tert-OH is 1. The number of unbranched alkanes of at least 4 members (excludes halogenated alkanes) is 2. The van der Waals surface area contributed by atoms with Crippen LogP contribution in [-0.2, 0) is 0 Å². The summed E-state index contributed by atoms with van der Waals surface area (Å²) in [6.45, 7) is 2.35. The van der Waals surface area contributed by atoms with Crippen molar-refractivity contribution in [3.8, 4) is 11.8 Å². The number of amides is 1. The first-order chi connectivity index (χ1) is 9.19. The molecule has 0 fully saturated rings. The summed E-state index contributed by atoms with van der Waals surface area (Å²) in [4.78, 5) is 11.7. The number of rotatable bonds is 5. The maximum atomic E-state index is 13.7. The predicted molar refractivity (Wildman–Crippen MR) is 72.2 cm³/mol. The Labute approximate surface area is 112 Å². The van der Waals surface area contributed by atoms with E-state index in [0.29, 0.717) is 12.1 Å². The molecule has 1 aromatic rings. The number of carbonyl (C=O) groups is 1. The van der Waals surface area contributed by atoms with Crippen LogP contribution in [-0.4, -0.2) is 24.2 Å². The van der Waals surface area contributed by atoms with E-state index in [2.05, 4.69) is 24.1 Å². The van der Waals surface area contributed by atoms with Crippen molar-refractivity contribution in [3.63, 3.8) is 0 Å². The topological polar surface area (TPSA) is 49.3 Å². The normalized spacial score (nSPS) is 9.63. The first-order valence-electron chi connectivity index (χ1n) is 6.36. The number of aliphatic hydroxyl groups is 1. The monoisotopic (exact) mass is 263 g/mol. The second kappa shape index (κ2) is 8.28. The van der Waals surface area contributed by atoms with Crippen molar-refractivity contribution in [2.45, 2.75) is 26.2 Å². The highest BCUT2D eigenvalue weighted by Gasteiger charge is 2.10. The van der Waals surface area contributed by atoms with Gasteiger partial charge in [-0.25, -0.2) is 4.39 Å². The zero-order chi connectivity index (χ0) is 14.1. The summed E-state index contributed by atoms with van der Waals surface area (Å²) >= 11 is 0. The van der Waals surface area contributed by atoms with Crippen LogP contribution in [0.2, 0.25) is 0 Å². The van der Waals surface area contributed by atoms with Gasteiger partial charge < -0.3 is 10.4 Å². The number of benzene rings is 1. The van der Waals surface area contributed by atoms with Gasteiger partial charge in [-0.3, -0.25) is 4.79 Å². The Morgan fingerprint density at radius 1 is 1.42 bits per heavy atom. The van der Waals surface area contributed by atoms with E-state index >= 15 is 0 Å². The van der Waals surface area contributed by atoms with E-state index < -0.39 is 11.7 Å². The number of carbonyl (C=O) groups excluding carboxylic acids is 1. The summed E-state index contributed by atoms with van der Waals surface area (Å²) in [6.07, 6.45) is 3.00. The zero-order valence-electron chi connectivity index (χ0n) is 11.0. The molecule has 4 heteroatoms. The second-order valence-corrected chi connectivity index (χ2v) is 4.12. The molecular formula is C15H18FNO2. The Morgan fingerprint density at radius 3 is 2.84 bits per heavy atom. The molecule has 0 aromatic heterocycles. The van der Waals surface area contributed by atoms with Crippen molar-refractivity contribution >= 4 is 5.91 Å². The predicted octanol–water partition coefficient (Wildman–Crippen LogP) is 2.09. The van der Waals surface area contributed by atoms with E-state index in [-0.39, 0.29) is 12.2 Å². The molecule has 1 aromatic carbocycles. The average Bonchev–Trinajstić information content (AvgIpc) is 2.41. The minimum atomic E-state index is -0.599. The molecule has 0 atom stereocenters. The van der Waals surface area contributed by atoms with Crippen LogP contribution < -0.4 is 5.32 Å². The van der Waals surface area contributed by atoms with Crippen molar-refractivity contribution in [2.24, 2.45) is 0 Å². The van der Waals surface area contributed by atoms with E-state index in [4.69, 9.17) is 5.11 Å². The minimum Gasteiger partial charge on any atom is -0.384 e.